The third-order valence-corrected chi connectivity index (χ3v) is 8.67. The maximum Gasteiger partial charge on any atom is 0.262 e. The van der Waals surface area contributed by atoms with E-state index in [1.165, 1.54) is 16.9 Å². The molecule has 0 saturated carbocycles. The van der Waals surface area contributed by atoms with E-state index in [2.05, 4.69) is 15.0 Å². The number of anilines is 3. The summed E-state index contributed by atoms with van der Waals surface area (Å²) in [6.45, 7) is 7.58. The normalized spacial score (nSPS) is 11.4. The number of nitrogens with zero attached hydrogens (tertiary/aromatic N) is 3. The standard InChI is InChI=1S/C29H27N5O2S2/c1-18-11-13-23(14-12-18)32-29-30-16-15-25(33-29)27-26(31-21(4)37-27)22-9-6-10-24(17-22)34-38(35,36)28-19(2)7-5-8-20(28)3/h5-17,34H,1-4H3,(H,30,32,33). The zero-order valence-corrected chi connectivity index (χ0v) is 23.1. The van der Waals surface area contributed by atoms with E-state index >= 15 is 0 Å². The molecule has 0 spiro atoms. The highest BCUT2D eigenvalue weighted by Crippen LogP contribution is 2.37. The van der Waals surface area contributed by atoms with Crippen LogP contribution in [0.4, 0.5) is 17.3 Å². The lowest BCUT2D eigenvalue weighted by molar-refractivity contribution is 0.600. The molecule has 3 aromatic carbocycles. The van der Waals surface area contributed by atoms with Gasteiger partial charge in [-0.3, -0.25) is 4.72 Å². The Morgan fingerprint density at radius 2 is 1.50 bits per heavy atom. The van der Waals surface area contributed by atoms with Gasteiger partial charge in [0.15, 0.2) is 0 Å². The van der Waals surface area contributed by atoms with E-state index in [1.54, 1.807) is 44.3 Å². The number of benzene rings is 3. The molecule has 0 amide bonds. The Hall–Kier alpha value is -4.08. The summed E-state index contributed by atoms with van der Waals surface area (Å²) in [7, 11) is -3.77. The molecule has 192 valence electrons. The molecule has 5 aromatic rings. The zero-order chi connectivity index (χ0) is 26.9. The molecule has 0 bridgehead atoms. The van der Waals surface area contributed by atoms with Crippen LogP contribution < -0.4 is 10.0 Å². The first kappa shape index (κ1) is 25.6. The molecule has 0 radical (unpaired) electrons. The number of rotatable bonds is 7. The molecule has 2 heterocycles. The number of hydrogen-bond donors (Lipinski definition) is 2. The van der Waals surface area contributed by atoms with Gasteiger partial charge in [0.2, 0.25) is 5.95 Å². The van der Waals surface area contributed by atoms with Crippen LogP contribution in [0.25, 0.3) is 21.8 Å². The van der Waals surface area contributed by atoms with Crippen molar-refractivity contribution in [3.63, 3.8) is 0 Å². The molecular weight excluding hydrogens is 514 g/mol. The van der Waals surface area contributed by atoms with E-state index in [-0.39, 0.29) is 0 Å². The van der Waals surface area contributed by atoms with E-state index in [9.17, 15) is 8.42 Å². The first-order valence-electron chi connectivity index (χ1n) is 12.0. The molecule has 2 aromatic heterocycles. The Labute approximate surface area is 226 Å². The third-order valence-electron chi connectivity index (χ3n) is 6.00. The van der Waals surface area contributed by atoms with Crippen LogP contribution >= 0.6 is 11.3 Å². The molecule has 38 heavy (non-hydrogen) atoms. The van der Waals surface area contributed by atoms with Gasteiger partial charge in [-0.05, 0) is 69.2 Å². The van der Waals surface area contributed by atoms with Crippen LogP contribution in [0.1, 0.15) is 21.7 Å². The fourth-order valence-electron chi connectivity index (χ4n) is 4.27. The number of aromatic nitrogens is 3. The topological polar surface area (TPSA) is 96.9 Å². The summed E-state index contributed by atoms with van der Waals surface area (Å²) in [5.41, 5.74) is 6.20. The maximum absolute atomic E-state index is 13.2. The van der Waals surface area contributed by atoms with Crippen LogP contribution in [0.15, 0.2) is 83.9 Å². The maximum atomic E-state index is 13.2. The van der Waals surface area contributed by atoms with E-state index in [1.807, 2.05) is 62.4 Å². The predicted molar refractivity (Wildman–Crippen MR) is 154 cm³/mol. The van der Waals surface area contributed by atoms with Gasteiger partial charge in [-0.2, -0.15) is 0 Å². The fraction of sp³-hybridized carbons (Fsp3) is 0.138. The van der Waals surface area contributed by atoms with Gasteiger partial charge < -0.3 is 5.32 Å². The second-order valence-corrected chi connectivity index (χ2v) is 11.9. The van der Waals surface area contributed by atoms with Crippen molar-refractivity contribution in [3.05, 3.63) is 101 Å². The number of thiazole rings is 1. The molecule has 0 aliphatic heterocycles. The minimum atomic E-state index is -3.77. The van der Waals surface area contributed by atoms with Crippen LogP contribution in [0, 0.1) is 27.7 Å². The largest absolute Gasteiger partial charge is 0.324 e. The van der Waals surface area contributed by atoms with Crippen molar-refractivity contribution < 1.29 is 8.42 Å². The van der Waals surface area contributed by atoms with Crippen molar-refractivity contribution in [2.45, 2.75) is 32.6 Å². The predicted octanol–water partition coefficient (Wildman–Crippen LogP) is 7.05. The summed E-state index contributed by atoms with van der Waals surface area (Å²) < 4.78 is 29.2. The molecule has 0 atom stereocenters. The quantitative estimate of drug-likeness (QED) is 0.229. The van der Waals surface area contributed by atoms with E-state index < -0.39 is 10.0 Å². The summed E-state index contributed by atoms with van der Waals surface area (Å²) >= 11 is 1.53. The number of sulfonamides is 1. The zero-order valence-electron chi connectivity index (χ0n) is 21.5. The highest BCUT2D eigenvalue weighted by molar-refractivity contribution is 7.92. The van der Waals surface area contributed by atoms with Crippen molar-refractivity contribution >= 4 is 38.7 Å². The Balaban J connectivity index is 1.47. The molecule has 5 rings (SSSR count). The van der Waals surface area contributed by atoms with E-state index in [4.69, 9.17) is 9.97 Å². The van der Waals surface area contributed by atoms with Gasteiger partial charge in [0.25, 0.3) is 10.0 Å². The number of hydrogen-bond acceptors (Lipinski definition) is 7. The van der Waals surface area contributed by atoms with Crippen LogP contribution in [0.5, 0.6) is 0 Å². The molecule has 0 saturated heterocycles. The van der Waals surface area contributed by atoms with Crippen molar-refractivity contribution in [2.75, 3.05) is 10.0 Å². The number of nitrogens with one attached hydrogen (secondary N) is 2. The van der Waals surface area contributed by atoms with Gasteiger partial charge in [-0.25, -0.2) is 23.4 Å². The molecule has 9 heteroatoms. The minimum absolute atomic E-state index is 0.296. The second kappa shape index (κ2) is 10.4. The van der Waals surface area contributed by atoms with Crippen molar-refractivity contribution in [2.24, 2.45) is 0 Å². The summed E-state index contributed by atoms with van der Waals surface area (Å²) in [6, 6.07) is 22.6. The van der Waals surface area contributed by atoms with Gasteiger partial charge >= 0.3 is 0 Å². The SMILES string of the molecule is Cc1ccc(Nc2nccc(-c3sc(C)nc3-c3cccc(NS(=O)(=O)c4c(C)cccc4C)c3)n2)cc1. The molecule has 0 aliphatic carbocycles. The highest BCUT2D eigenvalue weighted by Gasteiger charge is 2.21. The van der Waals surface area contributed by atoms with E-state index in [0.29, 0.717) is 27.7 Å². The first-order valence-corrected chi connectivity index (χ1v) is 14.3. The Kier molecular flexibility index (Phi) is 6.96. The Morgan fingerprint density at radius 1 is 0.789 bits per heavy atom. The molecule has 0 aliphatic rings. The lowest BCUT2D eigenvalue weighted by Crippen LogP contribution is -2.15. The van der Waals surface area contributed by atoms with Gasteiger partial charge in [0.05, 0.1) is 26.2 Å². The number of aryl methyl sites for hydroxylation is 4. The summed E-state index contributed by atoms with van der Waals surface area (Å²) in [4.78, 5) is 15.1. The van der Waals surface area contributed by atoms with Gasteiger partial charge in [-0.1, -0.05) is 48.0 Å². The smallest absolute Gasteiger partial charge is 0.262 e. The van der Waals surface area contributed by atoms with Gasteiger partial charge in [0, 0.05) is 23.1 Å². The lowest BCUT2D eigenvalue weighted by atomic mass is 10.1. The first-order chi connectivity index (χ1) is 18.2. The van der Waals surface area contributed by atoms with Crippen LogP contribution in [0.3, 0.4) is 0 Å². The van der Waals surface area contributed by atoms with E-state index in [0.717, 1.165) is 32.5 Å². The van der Waals surface area contributed by atoms with Crippen molar-refractivity contribution in [3.8, 4) is 21.8 Å². The van der Waals surface area contributed by atoms with Crippen LogP contribution in [-0.4, -0.2) is 23.4 Å². The second-order valence-electron chi connectivity index (χ2n) is 9.07. The molecule has 0 fully saturated rings. The lowest BCUT2D eigenvalue weighted by Gasteiger charge is -2.13. The monoisotopic (exact) mass is 541 g/mol. The fourth-order valence-corrected chi connectivity index (χ4v) is 6.70. The average Bonchev–Trinajstić information content (AvgIpc) is 3.27. The third kappa shape index (κ3) is 5.44. The minimum Gasteiger partial charge on any atom is -0.324 e. The average molecular weight is 542 g/mol. The molecule has 2 N–H and O–H groups in total. The molecular formula is C29H27N5O2S2. The van der Waals surface area contributed by atoms with Crippen molar-refractivity contribution in [1.82, 2.24) is 15.0 Å². The Morgan fingerprint density at radius 3 is 2.24 bits per heavy atom. The van der Waals surface area contributed by atoms with Crippen molar-refractivity contribution in [1.29, 1.82) is 0 Å². The summed E-state index contributed by atoms with van der Waals surface area (Å²) in [6.07, 6.45) is 1.72. The summed E-state index contributed by atoms with van der Waals surface area (Å²) in [5.74, 6) is 0.485. The van der Waals surface area contributed by atoms with Gasteiger partial charge in [-0.15, -0.1) is 11.3 Å². The highest BCUT2D eigenvalue weighted by atomic mass is 32.2. The van der Waals surface area contributed by atoms with Crippen LogP contribution in [0.2, 0.25) is 0 Å². The molecule has 0 unspecified atom stereocenters. The van der Waals surface area contributed by atoms with Gasteiger partial charge in [0.1, 0.15) is 0 Å². The Bertz CT molecular complexity index is 1710. The van der Waals surface area contributed by atoms with Crippen LogP contribution in [-0.2, 0) is 10.0 Å². The summed E-state index contributed by atoms with van der Waals surface area (Å²) in [5, 5.41) is 4.13. The molecule has 7 nitrogen and oxygen atoms in total.